The van der Waals surface area contributed by atoms with Crippen LogP contribution in [0.25, 0.3) is 10.4 Å². The number of hydrogen-bond acceptors (Lipinski definition) is 13. The van der Waals surface area contributed by atoms with Crippen molar-refractivity contribution in [3.05, 3.63) is 34.2 Å². The van der Waals surface area contributed by atoms with Gasteiger partial charge in [-0.25, -0.2) is 0 Å². The summed E-state index contributed by atoms with van der Waals surface area (Å²) in [4.78, 5) is 15.5. The first kappa shape index (κ1) is 40.3. The maximum Gasteiger partial charge on any atom is 0.251 e. The second-order valence-electron chi connectivity index (χ2n) is 8.87. The lowest BCUT2D eigenvalue weighted by Gasteiger charge is -2.13. The van der Waals surface area contributed by atoms with Crippen LogP contribution < -0.4 is 14.8 Å². The fraction of sp³-hybridized carbons (Fsp3) is 0.759. The summed E-state index contributed by atoms with van der Waals surface area (Å²) in [5.41, 5.74) is 8.58. The number of azide groups is 1. The van der Waals surface area contributed by atoms with Crippen molar-refractivity contribution < 1.29 is 56.9 Å². The highest BCUT2D eigenvalue weighted by Gasteiger charge is 2.11. The van der Waals surface area contributed by atoms with E-state index in [0.717, 1.165) is 0 Å². The van der Waals surface area contributed by atoms with Gasteiger partial charge in [0.25, 0.3) is 5.91 Å². The first-order valence-corrected chi connectivity index (χ1v) is 14.9. The van der Waals surface area contributed by atoms with Gasteiger partial charge in [0.2, 0.25) is 0 Å². The molecule has 0 heterocycles. The molecule has 0 aromatic heterocycles. The highest BCUT2D eigenvalue weighted by atomic mass is 16.6. The number of hydrogen-bond donors (Lipinski definition) is 1. The van der Waals surface area contributed by atoms with Crippen LogP contribution in [0.15, 0.2) is 23.3 Å². The predicted molar refractivity (Wildman–Crippen MR) is 163 cm³/mol. The summed E-state index contributed by atoms with van der Waals surface area (Å²) in [6.07, 6.45) is 0. The molecule has 0 unspecified atom stereocenters. The molecule has 0 saturated heterocycles. The highest BCUT2D eigenvalue weighted by Crippen LogP contribution is 2.23. The van der Waals surface area contributed by atoms with Crippen molar-refractivity contribution in [3.63, 3.8) is 0 Å². The molecule has 0 saturated carbocycles. The molecule has 0 aliphatic rings. The number of ether oxygens (including phenoxy) is 11. The van der Waals surface area contributed by atoms with Gasteiger partial charge in [-0.05, 0) is 17.7 Å². The number of amides is 1. The second kappa shape index (κ2) is 31.2. The van der Waals surface area contributed by atoms with Gasteiger partial charge in [-0.3, -0.25) is 4.79 Å². The molecule has 1 amide bonds. The topological polar surface area (TPSA) is 179 Å². The molecule has 0 atom stereocenters. The molecule has 0 bridgehead atoms. The Morgan fingerprint density at radius 1 is 0.600 bits per heavy atom. The normalized spacial score (nSPS) is 10.9. The van der Waals surface area contributed by atoms with Crippen LogP contribution in [-0.4, -0.2) is 152 Å². The summed E-state index contributed by atoms with van der Waals surface area (Å²) in [7, 11) is 3.24. The van der Waals surface area contributed by atoms with Gasteiger partial charge in [0.15, 0.2) is 0 Å². The van der Waals surface area contributed by atoms with Gasteiger partial charge in [0, 0.05) is 43.9 Å². The monoisotopic (exact) mass is 646 g/mol. The van der Waals surface area contributed by atoms with Crippen molar-refractivity contribution in [3.8, 4) is 11.5 Å². The Kier molecular flexibility index (Phi) is 27.9. The molecular formula is C29H50N4O12. The summed E-state index contributed by atoms with van der Waals surface area (Å²) in [5.74, 6) is 0.650. The van der Waals surface area contributed by atoms with Crippen LogP contribution in [0.4, 0.5) is 0 Å². The SMILES string of the molecule is COCCOCCOCCOc1cc(OCCOCCOCCOC)cc(C(=O)NCCOCCOCCOCCN=[N+]=[N-])c1. The van der Waals surface area contributed by atoms with Gasteiger partial charge in [0.1, 0.15) is 24.7 Å². The zero-order chi connectivity index (χ0) is 32.5. The Balaban J connectivity index is 2.40. The van der Waals surface area contributed by atoms with Crippen LogP contribution in [-0.2, 0) is 42.6 Å². The lowest BCUT2D eigenvalue weighted by Crippen LogP contribution is -2.27. The Bertz CT molecular complexity index is 853. The van der Waals surface area contributed by atoms with E-state index >= 15 is 0 Å². The van der Waals surface area contributed by atoms with Gasteiger partial charge < -0.3 is 57.4 Å². The van der Waals surface area contributed by atoms with E-state index in [9.17, 15) is 4.79 Å². The number of nitrogens with one attached hydrogen (secondary N) is 1. The molecule has 0 radical (unpaired) electrons. The Morgan fingerprint density at radius 3 is 1.44 bits per heavy atom. The molecule has 16 nitrogen and oxygen atoms in total. The lowest BCUT2D eigenvalue weighted by atomic mass is 10.2. The standard InChI is InChI=1S/C29H50N4O12/c1-35-7-9-39-15-17-42-19-21-44-27-23-26(24-28(25-27)45-22-20-43-18-16-40-10-8-36-2)29(34)31-3-5-37-11-13-41-14-12-38-6-4-32-33-30/h23-25H,3-22H2,1-2H3,(H,31,34). The fourth-order valence-electron chi connectivity index (χ4n) is 3.27. The van der Waals surface area contributed by atoms with Gasteiger partial charge in [0.05, 0.1) is 106 Å². The van der Waals surface area contributed by atoms with Crippen LogP contribution in [0.5, 0.6) is 11.5 Å². The lowest BCUT2D eigenvalue weighted by molar-refractivity contribution is 0.0166. The molecule has 45 heavy (non-hydrogen) atoms. The Hall–Kier alpha value is -2.76. The molecule has 1 N–H and O–H groups in total. The number of methoxy groups -OCH3 is 2. The van der Waals surface area contributed by atoms with Crippen molar-refractivity contribution in [2.75, 3.05) is 146 Å². The fourth-order valence-corrected chi connectivity index (χ4v) is 3.27. The third-order valence-corrected chi connectivity index (χ3v) is 5.42. The maximum absolute atomic E-state index is 12.9. The number of rotatable bonds is 33. The molecule has 0 spiro atoms. The van der Waals surface area contributed by atoms with Crippen LogP contribution in [0.3, 0.4) is 0 Å². The van der Waals surface area contributed by atoms with E-state index in [4.69, 9.17) is 57.6 Å². The van der Waals surface area contributed by atoms with E-state index in [1.807, 2.05) is 0 Å². The summed E-state index contributed by atoms with van der Waals surface area (Å²) in [6.45, 7) is 8.02. The highest BCUT2D eigenvalue weighted by molar-refractivity contribution is 5.95. The first-order chi connectivity index (χ1) is 22.2. The largest absolute Gasteiger partial charge is 0.491 e. The number of nitrogens with zero attached hydrogens (tertiary/aromatic N) is 3. The van der Waals surface area contributed by atoms with Crippen molar-refractivity contribution in [1.29, 1.82) is 0 Å². The van der Waals surface area contributed by atoms with Gasteiger partial charge in [-0.1, -0.05) is 5.11 Å². The minimum atomic E-state index is -0.294. The summed E-state index contributed by atoms with van der Waals surface area (Å²) in [6, 6.07) is 5.01. The quantitative estimate of drug-likeness (QED) is 0.0508. The molecule has 1 aromatic rings. The minimum absolute atomic E-state index is 0.284. The Labute approximate surface area is 265 Å². The molecular weight excluding hydrogens is 596 g/mol. The predicted octanol–water partition coefficient (Wildman–Crippen LogP) is 1.89. The third-order valence-electron chi connectivity index (χ3n) is 5.42. The zero-order valence-corrected chi connectivity index (χ0v) is 26.6. The van der Waals surface area contributed by atoms with E-state index < -0.39 is 0 Å². The van der Waals surface area contributed by atoms with Crippen molar-refractivity contribution in [2.45, 2.75) is 0 Å². The van der Waals surface area contributed by atoms with Crippen molar-refractivity contribution in [2.24, 2.45) is 5.11 Å². The van der Waals surface area contributed by atoms with Crippen molar-refractivity contribution >= 4 is 5.91 Å². The van der Waals surface area contributed by atoms with Crippen LogP contribution in [0.2, 0.25) is 0 Å². The van der Waals surface area contributed by atoms with Crippen LogP contribution >= 0.6 is 0 Å². The van der Waals surface area contributed by atoms with Crippen LogP contribution in [0, 0.1) is 0 Å². The van der Waals surface area contributed by atoms with Crippen LogP contribution in [0.1, 0.15) is 10.4 Å². The molecule has 1 rings (SSSR count). The molecule has 1 aromatic carbocycles. The van der Waals surface area contributed by atoms with Gasteiger partial charge >= 0.3 is 0 Å². The van der Waals surface area contributed by atoms with Gasteiger partial charge in [-0.2, -0.15) is 0 Å². The van der Waals surface area contributed by atoms with E-state index in [1.165, 1.54) is 0 Å². The van der Waals surface area contributed by atoms with E-state index in [1.54, 1.807) is 32.4 Å². The van der Waals surface area contributed by atoms with Crippen molar-refractivity contribution in [1.82, 2.24) is 5.32 Å². The minimum Gasteiger partial charge on any atom is -0.491 e. The Morgan fingerprint density at radius 2 is 1.00 bits per heavy atom. The number of carbonyl (C=O) groups is 1. The third kappa shape index (κ3) is 25.2. The maximum atomic E-state index is 12.9. The molecule has 258 valence electrons. The zero-order valence-electron chi connectivity index (χ0n) is 26.6. The molecule has 0 aliphatic heterocycles. The smallest absolute Gasteiger partial charge is 0.251 e. The van der Waals surface area contributed by atoms with E-state index in [2.05, 4.69) is 15.3 Å². The molecule has 16 heteroatoms. The average Bonchev–Trinajstić information content (AvgIpc) is 3.05. The van der Waals surface area contributed by atoms with Gasteiger partial charge in [-0.15, -0.1) is 0 Å². The van der Waals surface area contributed by atoms with E-state index in [0.29, 0.717) is 136 Å². The summed E-state index contributed by atoms with van der Waals surface area (Å²) >= 11 is 0. The molecule has 0 aliphatic carbocycles. The summed E-state index contributed by atoms with van der Waals surface area (Å²) in [5, 5.41) is 6.21. The number of carbonyl (C=O) groups excluding carboxylic acids is 1. The average molecular weight is 647 g/mol. The number of benzene rings is 1. The summed E-state index contributed by atoms with van der Waals surface area (Å²) < 4.78 is 59.5. The first-order valence-electron chi connectivity index (χ1n) is 14.9. The second-order valence-corrected chi connectivity index (χ2v) is 8.87. The van der Waals surface area contributed by atoms with E-state index in [-0.39, 0.29) is 19.1 Å². The molecule has 0 fully saturated rings.